The maximum atomic E-state index is 5.20. The van der Waals surface area contributed by atoms with Crippen molar-refractivity contribution in [3.8, 4) is 12.3 Å². The minimum absolute atomic E-state index is 0.0110. The molecule has 1 aromatic heterocycles. The van der Waals surface area contributed by atoms with Gasteiger partial charge in [0, 0.05) is 12.4 Å². The minimum Gasteiger partial charge on any atom is -0.239 e. The van der Waals surface area contributed by atoms with Crippen LogP contribution in [-0.4, -0.2) is 9.97 Å². The molecular formula is C8H7BrN2. The number of halogens is 1. The Kier molecular flexibility index (Phi) is 2.61. The van der Waals surface area contributed by atoms with E-state index in [0.29, 0.717) is 5.82 Å². The zero-order valence-corrected chi connectivity index (χ0v) is 7.67. The second-order valence-electron chi connectivity index (χ2n) is 2.15. The van der Waals surface area contributed by atoms with E-state index < -0.39 is 0 Å². The molecule has 1 rings (SSSR count). The van der Waals surface area contributed by atoms with Crippen molar-refractivity contribution < 1.29 is 0 Å². The topological polar surface area (TPSA) is 25.8 Å². The van der Waals surface area contributed by atoms with E-state index in [1.807, 2.05) is 6.92 Å². The highest BCUT2D eigenvalue weighted by Crippen LogP contribution is 2.10. The van der Waals surface area contributed by atoms with E-state index in [1.54, 1.807) is 12.4 Å². The number of aromatic nitrogens is 2. The third kappa shape index (κ3) is 2.02. The van der Waals surface area contributed by atoms with Crippen molar-refractivity contribution in [2.45, 2.75) is 12.8 Å². The summed E-state index contributed by atoms with van der Waals surface area (Å²) in [6.45, 7) is 1.89. The second kappa shape index (κ2) is 3.49. The molecular weight excluding hydrogens is 204 g/mol. The summed E-state index contributed by atoms with van der Waals surface area (Å²) in [7, 11) is 0. The Morgan fingerprint density at radius 2 is 2.09 bits per heavy atom. The van der Waals surface area contributed by atoms with Crippen molar-refractivity contribution in [3.05, 3.63) is 22.7 Å². The summed E-state index contributed by atoms with van der Waals surface area (Å²) >= 11 is 3.24. The lowest BCUT2D eigenvalue weighted by molar-refractivity contribution is 0.861. The van der Waals surface area contributed by atoms with Crippen molar-refractivity contribution in [3.63, 3.8) is 0 Å². The normalized spacial score (nSPS) is 12.1. The molecule has 0 amide bonds. The third-order valence-corrected chi connectivity index (χ3v) is 1.69. The zero-order chi connectivity index (χ0) is 8.27. The predicted molar refractivity (Wildman–Crippen MR) is 47.0 cm³/mol. The van der Waals surface area contributed by atoms with Gasteiger partial charge < -0.3 is 0 Å². The maximum Gasteiger partial charge on any atom is 0.142 e. The first kappa shape index (κ1) is 8.22. The first-order valence-electron chi connectivity index (χ1n) is 3.17. The van der Waals surface area contributed by atoms with E-state index >= 15 is 0 Å². The Morgan fingerprint density at radius 3 is 2.55 bits per heavy atom. The molecule has 0 N–H and O–H groups in total. The molecule has 0 aromatic carbocycles. The molecule has 0 aliphatic rings. The molecule has 1 unspecified atom stereocenters. The van der Waals surface area contributed by atoms with Gasteiger partial charge in [-0.25, -0.2) is 9.97 Å². The van der Waals surface area contributed by atoms with E-state index in [1.165, 1.54) is 0 Å². The van der Waals surface area contributed by atoms with E-state index in [2.05, 4.69) is 31.8 Å². The van der Waals surface area contributed by atoms with Crippen LogP contribution in [0.15, 0.2) is 16.9 Å². The fraction of sp³-hybridized carbons (Fsp3) is 0.250. The summed E-state index contributed by atoms with van der Waals surface area (Å²) in [5.74, 6) is 3.24. The Balaban J connectivity index is 2.92. The van der Waals surface area contributed by atoms with Gasteiger partial charge in [-0.05, 0) is 22.9 Å². The molecule has 56 valence electrons. The molecule has 1 aromatic rings. The van der Waals surface area contributed by atoms with E-state index in [4.69, 9.17) is 6.42 Å². The number of hydrogen-bond acceptors (Lipinski definition) is 2. The molecule has 3 heteroatoms. The number of nitrogens with zero attached hydrogens (tertiary/aromatic N) is 2. The van der Waals surface area contributed by atoms with Crippen LogP contribution in [0.5, 0.6) is 0 Å². The van der Waals surface area contributed by atoms with E-state index in [-0.39, 0.29) is 5.92 Å². The largest absolute Gasteiger partial charge is 0.239 e. The summed E-state index contributed by atoms with van der Waals surface area (Å²) in [5.41, 5.74) is 0. The van der Waals surface area contributed by atoms with Crippen LogP contribution in [0, 0.1) is 12.3 Å². The molecule has 0 bridgehead atoms. The van der Waals surface area contributed by atoms with Gasteiger partial charge in [0.1, 0.15) is 5.82 Å². The minimum atomic E-state index is -0.0110. The van der Waals surface area contributed by atoms with Crippen molar-refractivity contribution >= 4 is 15.9 Å². The van der Waals surface area contributed by atoms with Crippen LogP contribution < -0.4 is 0 Å². The third-order valence-electron chi connectivity index (χ3n) is 1.28. The van der Waals surface area contributed by atoms with Crippen molar-refractivity contribution in [1.29, 1.82) is 0 Å². The first-order chi connectivity index (χ1) is 5.24. The van der Waals surface area contributed by atoms with Crippen LogP contribution in [0.4, 0.5) is 0 Å². The molecule has 1 heterocycles. The number of rotatable bonds is 1. The fourth-order valence-electron chi connectivity index (χ4n) is 0.620. The average Bonchev–Trinajstić information content (AvgIpc) is 2.05. The molecule has 0 aliphatic carbocycles. The average molecular weight is 211 g/mol. The first-order valence-corrected chi connectivity index (χ1v) is 3.97. The molecule has 0 fully saturated rings. The fourth-order valence-corrected chi connectivity index (χ4v) is 0.825. The molecule has 1 atom stereocenters. The molecule has 0 aliphatic heterocycles. The van der Waals surface area contributed by atoms with Gasteiger partial charge in [0.25, 0.3) is 0 Å². The van der Waals surface area contributed by atoms with Gasteiger partial charge >= 0.3 is 0 Å². The summed E-state index contributed by atoms with van der Waals surface area (Å²) < 4.78 is 0.866. The van der Waals surface area contributed by atoms with Gasteiger partial charge in [-0.2, -0.15) is 0 Å². The quantitative estimate of drug-likeness (QED) is 0.663. The second-order valence-corrected chi connectivity index (χ2v) is 3.06. The van der Waals surface area contributed by atoms with Crippen LogP contribution in [0.2, 0.25) is 0 Å². The van der Waals surface area contributed by atoms with E-state index in [9.17, 15) is 0 Å². The maximum absolute atomic E-state index is 5.20. The molecule has 2 nitrogen and oxygen atoms in total. The smallest absolute Gasteiger partial charge is 0.142 e. The highest BCUT2D eigenvalue weighted by Gasteiger charge is 2.02. The Labute approximate surface area is 74.2 Å². The highest BCUT2D eigenvalue weighted by atomic mass is 79.9. The van der Waals surface area contributed by atoms with Crippen LogP contribution in [0.1, 0.15) is 18.7 Å². The SMILES string of the molecule is C#CC(C)c1ncc(Br)cn1. The van der Waals surface area contributed by atoms with Gasteiger partial charge in [0.15, 0.2) is 0 Å². The zero-order valence-electron chi connectivity index (χ0n) is 6.08. The summed E-state index contributed by atoms with van der Waals surface area (Å²) in [6.07, 6.45) is 8.58. The van der Waals surface area contributed by atoms with Crippen LogP contribution >= 0.6 is 15.9 Å². The Morgan fingerprint density at radius 1 is 1.55 bits per heavy atom. The summed E-state index contributed by atoms with van der Waals surface area (Å²) in [4.78, 5) is 8.10. The summed E-state index contributed by atoms with van der Waals surface area (Å²) in [5, 5.41) is 0. The monoisotopic (exact) mass is 210 g/mol. The molecule has 11 heavy (non-hydrogen) atoms. The molecule has 0 radical (unpaired) electrons. The van der Waals surface area contributed by atoms with Crippen LogP contribution in [0.25, 0.3) is 0 Å². The number of terminal acetylenes is 1. The number of hydrogen-bond donors (Lipinski definition) is 0. The molecule has 0 saturated carbocycles. The lowest BCUT2D eigenvalue weighted by atomic mass is 10.2. The van der Waals surface area contributed by atoms with E-state index in [0.717, 1.165) is 4.47 Å². The Bertz CT molecular complexity index is 273. The van der Waals surface area contributed by atoms with Gasteiger partial charge in [0.05, 0.1) is 10.4 Å². The van der Waals surface area contributed by atoms with Crippen LogP contribution in [0.3, 0.4) is 0 Å². The summed E-state index contributed by atoms with van der Waals surface area (Å²) in [6, 6.07) is 0. The highest BCUT2D eigenvalue weighted by molar-refractivity contribution is 9.10. The van der Waals surface area contributed by atoms with Gasteiger partial charge in [0.2, 0.25) is 0 Å². The predicted octanol–water partition coefficient (Wildman–Crippen LogP) is 1.98. The lowest BCUT2D eigenvalue weighted by Crippen LogP contribution is -1.96. The van der Waals surface area contributed by atoms with Crippen molar-refractivity contribution in [2.24, 2.45) is 0 Å². The molecule has 0 spiro atoms. The van der Waals surface area contributed by atoms with Gasteiger partial charge in [-0.1, -0.05) is 5.92 Å². The van der Waals surface area contributed by atoms with Crippen LogP contribution in [-0.2, 0) is 0 Å². The molecule has 0 saturated heterocycles. The lowest BCUT2D eigenvalue weighted by Gasteiger charge is -2.00. The Hall–Kier alpha value is -0.880. The van der Waals surface area contributed by atoms with Gasteiger partial charge in [-0.15, -0.1) is 6.42 Å². The van der Waals surface area contributed by atoms with Crippen molar-refractivity contribution in [1.82, 2.24) is 9.97 Å². The standard InChI is InChI=1S/C8H7BrN2/c1-3-6(2)8-10-4-7(9)5-11-8/h1,4-6H,2H3. The van der Waals surface area contributed by atoms with Gasteiger partial charge in [-0.3, -0.25) is 0 Å². The van der Waals surface area contributed by atoms with Crippen molar-refractivity contribution in [2.75, 3.05) is 0 Å².